The molecule has 0 aliphatic carbocycles. The van der Waals surface area contributed by atoms with Crippen molar-refractivity contribution in [3.8, 4) is 0 Å². The zero-order chi connectivity index (χ0) is 21.2. The number of anilines is 1. The van der Waals surface area contributed by atoms with Gasteiger partial charge < -0.3 is 20.4 Å². The Kier molecular flexibility index (Phi) is 8.06. The number of guanidine groups is 1. The maximum absolute atomic E-state index is 12.0. The molecule has 1 saturated heterocycles. The van der Waals surface area contributed by atoms with Crippen LogP contribution in [0.5, 0.6) is 0 Å². The first kappa shape index (κ1) is 21.6. The lowest BCUT2D eigenvalue weighted by atomic mass is 10.1. The van der Waals surface area contributed by atoms with Crippen LogP contribution in [0.1, 0.15) is 18.4 Å². The van der Waals surface area contributed by atoms with Crippen molar-refractivity contribution in [2.45, 2.75) is 25.3 Å². The predicted octanol–water partition coefficient (Wildman–Crippen LogP) is 1.92. The Morgan fingerprint density at radius 3 is 2.53 bits per heavy atom. The molecule has 0 spiro atoms. The molecule has 1 aliphatic rings. The number of carbonyl (C=O) groups excluding carboxylic acids is 1. The van der Waals surface area contributed by atoms with E-state index in [1.165, 1.54) is 5.56 Å². The van der Waals surface area contributed by atoms with Crippen LogP contribution < -0.4 is 15.5 Å². The van der Waals surface area contributed by atoms with Gasteiger partial charge in [-0.2, -0.15) is 0 Å². The van der Waals surface area contributed by atoms with Crippen LogP contribution in [0.4, 0.5) is 5.82 Å². The summed E-state index contributed by atoms with van der Waals surface area (Å²) >= 11 is 0. The minimum atomic E-state index is -0.0101. The highest BCUT2D eigenvalue weighted by Gasteiger charge is 2.21. The topological polar surface area (TPSA) is 72.9 Å². The van der Waals surface area contributed by atoms with Gasteiger partial charge in [0.15, 0.2) is 5.96 Å². The Balaban J connectivity index is 1.53. The lowest BCUT2D eigenvalue weighted by Gasteiger charge is -2.33. The van der Waals surface area contributed by atoms with E-state index in [0.29, 0.717) is 12.0 Å². The largest absolute Gasteiger partial charge is 0.356 e. The standard InChI is InChI=1S/C23H32N6O/c1-28(2)22(30)18-26-23(25-15-11-19-8-4-3-5-9-19)27-20-12-16-29(17-13-20)21-10-6-7-14-24-21/h3-10,14,20H,11-13,15-18H2,1-2H3,(H2,25,26,27). The van der Waals surface area contributed by atoms with Crippen molar-refractivity contribution in [2.24, 2.45) is 4.99 Å². The number of carbonyl (C=O) groups is 1. The normalized spacial score (nSPS) is 15.0. The van der Waals surface area contributed by atoms with Crippen LogP contribution in [-0.4, -0.2) is 68.1 Å². The number of benzene rings is 1. The van der Waals surface area contributed by atoms with Crippen molar-refractivity contribution in [2.75, 3.05) is 45.2 Å². The summed E-state index contributed by atoms with van der Waals surface area (Å²) in [5, 5.41) is 6.92. The first-order chi connectivity index (χ1) is 14.6. The number of nitrogens with zero attached hydrogens (tertiary/aromatic N) is 4. The van der Waals surface area contributed by atoms with E-state index in [0.717, 1.165) is 44.7 Å². The molecule has 7 nitrogen and oxygen atoms in total. The van der Waals surface area contributed by atoms with Gasteiger partial charge in [0.1, 0.15) is 12.4 Å². The van der Waals surface area contributed by atoms with E-state index in [-0.39, 0.29) is 12.5 Å². The summed E-state index contributed by atoms with van der Waals surface area (Å²) in [6, 6.07) is 16.7. The fourth-order valence-electron chi connectivity index (χ4n) is 3.40. The Bertz CT molecular complexity index is 801. The zero-order valence-electron chi connectivity index (χ0n) is 17.9. The van der Waals surface area contributed by atoms with Gasteiger partial charge in [-0.05, 0) is 37.0 Å². The van der Waals surface area contributed by atoms with E-state index >= 15 is 0 Å². The molecule has 2 heterocycles. The van der Waals surface area contributed by atoms with Gasteiger partial charge in [-0.3, -0.25) is 4.79 Å². The number of piperidine rings is 1. The van der Waals surface area contributed by atoms with Gasteiger partial charge in [-0.1, -0.05) is 36.4 Å². The van der Waals surface area contributed by atoms with Crippen LogP contribution in [0.25, 0.3) is 0 Å². The molecule has 3 rings (SSSR count). The highest BCUT2D eigenvalue weighted by Crippen LogP contribution is 2.17. The molecule has 1 fully saturated rings. The minimum Gasteiger partial charge on any atom is -0.356 e. The minimum absolute atomic E-state index is 0.0101. The Morgan fingerprint density at radius 2 is 1.87 bits per heavy atom. The quantitative estimate of drug-likeness (QED) is 0.541. The van der Waals surface area contributed by atoms with E-state index in [1.54, 1.807) is 19.0 Å². The molecule has 2 aromatic rings. The van der Waals surface area contributed by atoms with Crippen LogP contribution >= 0.6 is 0 Å². The molecule has 0 saturated carbocycles. The van der Waals surface area contributed by atoms with Gasteiger partial charge in [0.05, 0.1) is 0 Å². The van der Waals surface area contributed by atoms with Crippen molar-refractivity contribution < 1.29 is 4.79 Å². The first-order valence-corrected chi connectivity index (χ1v) is 10.6. The summed E-state index contributed by atoms with van der Waals surface area (Å²) in [7, 11) is 3.50. The number of nitrogens with one attached hydrogen (secondary N) is 2. The molecular weight excluding hydrogens is 376 g/mol. The first-order valence-electron chi connectivity index (χ1n) is 10.6. The summed E-state index contributed by atoms with van der Waals surface area (Å²) < 4.78 is 0. The molecule has 1 aromatic heterocycles. The van der Waals surface area contributed by atoms with E-state index in [1.807, 2.05) is 36.5 Å². The Morgan fingerprint density at radius 1 is 1.13 bits per heavy atom. The summed E-state index contributed by atoms with van der Waals surface area (Å²) in [5.74, 6) is 1.73. The van der Waals surface area contributed by atoms with E-state index in [4.69, 9.17) is 0 Å². The average Bonchev–Trinajstić information content (AvgIpc) is 2.79. The summed E-state index contributed by atoms with van der Waals surface area (Å²) in [4.78, 5) is 24.8. The monoisotopic (exact) mass is 408 g/mol. The number of hydrogen-bond donors (Lipinski definition) is 2. The summed E-state index contributed by atoms with van der Waals surface area (Å²) in [6.45, 7) is 2.80. The highest BCUT2D eigenvalue weighted by atomic mass is 16.2. The van der Waals surface area contributed by atoms with Crippen molar-refractivity contribution in [3.63, 3.8) is 0 Å². The van der Waals surface area contributed by atoms with Gasteiger partial charge in [-0.25, -0.2) is 9.98 Å². The van der Waals surface area contributed by atoms with Gasteiger partial charge in [0.2, 0.25) is 5.91 Å². The third-order valence-corrected chi connectivity index (χ3v) is 5.23. The average molecular weight is 409 g/mol. The van der Waals surface area contributed by atoms with Crippen LogP contribution in [0, 0.1) is 0 Å². The summed E-state index contributed by atoms with van der Waals surface area (Å²) in [6.07, 6.45) is 4.74. The van der Waals surface area contributed by atoms with Gasteiger partial charge in [-0.15, -0.1) is 0 Å². The van der Waals surface area contributed by atoms with Crippen LogP contribution in [0.2, 0.25) is 0 Å². The molecule has 160 valence electrons. The second-order valence-electron chi connectivity index (χ2n) is 7.71. The second kappa shape index (κ2) is 11.2. The summed E-state index contributed by atoms with van der Waals surface area (Å²) in [5.41, 5.74) is 1.28. The third kappa shape index (κ3) is 6.76. The molecule has 0 unspecified atom stereocenters. The van der Waals surface area contributed by atoms with Gasteiger partial charge >= 0.3 is 0 Å². The number of aliphatic imine (C=N–C) groups is 1. The fourth-order valence-corrected chi connectivity index (χ4v) is 3.40. The molecule has 7 heteroatoms. The van der Waals surface area contributed by atoms with Crippen LogP contribution in [0.3, 0.4) is 0 Å². The number of likely N-dealkylation sites (N-methyl/N-ethyl adjacent to an activating group) is 1. The van der Waals surface area contributed by atoms with Gasteiger partial charge in [0, 0.05) is 46.0 Å². The highest BCUT2D eigenvalue weighted by molar-refractivity contribution is 5.85. The number of rotatable bonds is 7. The maximum Gasteiger partial charge on any atom is 0.243 e. The molecule has 1 amide bonds. The zero-order valence-corrected chi connectivity index (χ0v) is 17.9. The Labute approximate surface area is 179 Å². The smallest absolute Gasteiger partial charge is 0.243 e. The molecule has 30 heavy (non-hydrogen) atoms. The number of hydrogen-bond acceptors (Lipinski definition) is 4. The van der Waals surface area contributed by atoms with E-state index in [9.17, 15) is 4.79 Å². The number of pyridine rings is 1. The maximum atomic E-state index is 12.0. The molecular formula is C23H32N6O. The lowest BCUT2D eigenvalue weighted by Crippen LogP contribution is -2.49. The van der Waals surface area contributed by atoms with E-state index < -0.39 is 0 Å². The molecule has 1 aliphatic heterocycles. The van der Waals surface area contributed by atoms with E-state index in [2.05, 4.69) is 43.7 Å². The second-order valence-corrected chi connectivity index (χ2v) is 7.71. The lowest BCUT2D eigenvalue weighted by molar-refractivity contribution is -0.127. The Hall–Kier alpha value is -3.09. The molecule has 2 N–H and O–H groups in total. The molecule has 0 atom stereocenters. The number of amides is 1. The van der Waals surface area contributed by atoms with Crippen LogP contribution in [0.15, 0.2) is 59.7 Å². The van der Waals surface area contributed by atoms with Crippen molar-refractivity contribution in [3.05, 3.63) is 60.3 Å². The van der Waals surface area contributed by atoms with Crippen molar-refractivity contribution in [1.82, 2.24) is 20.5 Å². The van der Waals surface area contributed by atoms with Gasteiger partial charge in [0.25, 0.3) is 0 Å². The molecule has 0 bridgehead atoms. The fraction of sp³-hybridized carbons (Fsp3) is 0.435. The van der Waals surface area contributed by atoms with Crippen molar-refractivity contribution in [1.29, 1.82) is 0 Å². The van der Waals surface area contributed by atoms with Crippen molar-refractivity contribution >= 4 is 17.7 Å². The molecule has 0 radical (unpaired) electrons. The third-order valence-electron chi connectivity index (χ3n) is 5.23. The van der Waals surface area contributed by atoms with Crippen LogP contribution in [-0.2, 0) is 11.2 Å². The SMILES string of the molecule is CN(C)C(=O)CN=C(NCCc1ccccc1)NC1CCN(c2ccccn2)CC1. The molecule has 1 aromatic carbocycles. The number of aromatic nitrogens is 1. The predicted molar refractivity (Wildman–Crippen MR) is 122 cm³/mol.